The molecule has 0 saturated carbocycles. The summed E-state index contributed by atoms with van der Waals surface area (Å²) in [6.07, 6.45) is -1.00. The molecule has 1 aromatic rings. The molecule has 1 rings (SSSR count). The third kappa shape index (κ3) is 2.16. The highest BCUT2D eigenvalue weighted by Crippen LogP contribution is 2.44. The van der Waals surface area contributed by atoms with Crippen molar-refractivity contribution in [2.45, 2.75) is 6.10 Å². The summed E-state index contributed by atoms with van der Waals surface area (Å²) >= 11 is 5.88. The summed E-state index contributed by atoms with van der Waals surface area (Å²) in [5.74, 6) is 0.291. The van der Waals surface area contributed by atoms with E-state index in [1.165, 1.54) is 20.3 Å². The fourth-order valence-corrected chi connectivity index (χ4v) is 1.62. The Morgan fingerprint density at radius 2 is 2.06 bits per heavy atom. The molecule has 0 spiro atoms. The van der Waals surface area contributed by atoms with Gasteiger partial charge in [0.25, 0.3) is 0 Å². The first-order chi connectivity index (χ1) is 7.56. The Bertz CT molecular complexity index is 384. The molecule has 0 aliphatic carbocycles. The number of aromatic hydroxyl groups is 1. The van der Waals surface area contributed by atoms with E-state index < -0.39 is 6.10 Å². The molecule has 0 saturated heterocycles. The van der Waals surface area contributed by atoms with Gasteiger partial charge < -0.3 is 25.4 Å². The SMILES string of the molecule is COc1cc(C(O)CN)c(O)c(Cl)c1OC. The number of halogens is 1. The van der Waals surface area contributed by atoms with Gasteiger partial charge in [-0.1, -0.05) is 11.6 Å². The summed E-state index contributed by atoms with van der Waals surface area (Å²) in [4.78, 5) is 0. The molecule has 4 N–H and O–H groups in total. The number of ether oxygens (including phenoxy) is 2. The minimum Gasteiger partial charge on any atom is -0.506 e. The quantitative estimate of drug-likeness (QED) is 0.741. The average Bonchev–Trinajstić information content (AvgIpc) is 2.31. The molecule has 1 unspecified atom stereocenters. The summed E-state index contributed by atoms with van der Waals surface area (Å²) in [5, 5.41) is 19.3. The van der Waals surface area contributed by atoms with E-state index in [2.05, 4.69) is 0 Å². The van der Waals surface area contributed by atoms with Crippen LogP contribution in [0.2, 0.25) is 5.02 Å². The molecule has 0 aromatic heterocycles. The van der Waals surface area contributed by atoms with E-state index in [1.807, 2.05) is 0 Å². The molecule has 16 heavy (non-hydrogen) atoms. The van der Waals surface area contributed by atoms with Gasteiger partial charge >= 0.3 is 0 Å². The molecule has 0 aliphatic heterocycles. The molecule has 0 fully saturated rings. The summed E-state index contributed by atoms with van der Waals surface area (Å²) in [6.45, 7) is -0.0284. The molecule has 0 amide bonds. The molecular weight excluding hydrogens is 234 g/mol. The Hall–Kier alpha value is -1.17. The first-order valence-electron chi connectivity index (χ1n) is 4.58. The fourth-order valence-electron chi connectivity index (χ4n) is 1.34. The number of methoxy groups -OCH3 is 2. The minimum atomic E-state index is -1.00. The highest BCUT2D eigenvalue weighted by Gasteiger charge is 2.21. The molecule has 90 valence electrons. The number of hydrogen-bond donors (Lipinski definition) is 3. The van der Waals surface area contributed by atoms with E-state index in [-0.39, 0.29) is 28.6 Å². The van der Waals surface area contributed by atoms with Crippen LogP contribution in [0.4, 0.5) is 0 Å². The maximum absolute atomic E-state index is 9.75. The number of phenolic OH excluding ortho intramolecular Hbond substituents is 1. The van der Waals surface area contributed by atoms with Crippen molar-refractivity contribution in [3.8, 4) is 17.2 Å². The lowest BCUT2D eigenvalue weighted by Gasteiger charge is -2.16. The topological polar surface area (TPSA) is 84.9 Å². The van der Waals surface area contributed by atoms with Crippen molar-refractivity contribution in [2.75, 3.05) is 20.8 Å². The van der Waals surface area contributed by atoms with E-state index in [4.69, 9.17) is 26.8 Å². The van der Waals surface area contributed by atoms with Crippen molar-refractivity contribution in [3.05, 3.63) is 16.7 Å². The van der Waals surface area contributed by atoms with Crippen LogP contribution in [-0.4, -0.2) is 31.0 Å². The number of hydrogen-bond acceptors (Lipinski definition) is 5. The standard InChI is InChI=1S/C10H14ClNO4/c1-15-7-3-5(6(13)4-12)9(14)8(11)10(7)16-2/h3,6,13-14H,4,12H2,1-2H3. The number of nitrogens with two attached hydrogens (primary N) is 1. The van der Waals surface area contributed by atoms with Crippen molar-refractivity contribution in [2.24, 2.45) is 5.73 Å². The second-order valence-corrected chi connectivity index (χ2v) is 3.49. The molecule has 1 aromatic carbocycles. The van der Waals surface area contributed by atoms with E-state index in [0.717, 1.165) is 0 Å². The van der Waals surface area contributed by atoms with Crippen molar-refractivity contribution in [1.29, 1.82) is 0 Å². The van der Waals surface area contributed by atoms with Crippen LogP contribution in [0.5, 0.6) is 17.2 Å². The number of aliphatic hydroxyl groups is 1. The predicted molar refractivity (Wildman–Crippen MR) is 60.2 cm³/mol. The Labute approximate surface area is 98.3 Å². The van der Waals surface area contributed by atoms with Crippen LogP contribution in [0.1, 0.15) is 11.7 Å². The average molecular weight is 248 g/mol. The third-order valence-corrected chi connectivity index (χ3v) is 2.55. The van der Waals surface area contributed by atoms with Crippen molar-refractivity contribution in [3.63, 3.8) is 0 Å². The number of benzene rings is 1. The van der Waals surface area contributed by atoms with Gasteiger partial charge in [-0.05, 0) is 6.07 Å². The van der Waals surface area contributed by atoms with Crippen LogP contribution in [0, 0.1) is 0 Å². The number of phenols is 1. The summed E-state index contributed by atoms with van der Waals surface area (Å²) in [5.41, 5.74) is 5.52. The number of rotatable bonds is 4. The lowest BCUT2D eigenvalue weighted by atomic mass is 10.1. The zero-order valence-corrected chi connectivity index (χ0v) is 9.78. The van der Waals surface area contributed by atoms with E-state index in [0.29, 0.717) is 5.75 Å². The smallest absolute Gasteiger partial charge is 0.183 e. The zero-order valence-electron chi connectivity index (χ0n) is 9.03. The van der Waals surface area contributed by atoms with E-state index in [1.54, 1.807) is 0 Å². The lowest BCUT2D eigenvalue weighted by Crippen LogP contribution is -2.12. The molecule has 0 heterocycles. The van der Waals surface area contributed by atoms with Gasteiger partial charge in [-0.3, -0.25) is 0 Å². The van der Waals surface area contributed by atoms with Crippen LogP contribution in [0.15, 0.2) is 6.07 Å². The van der Waals surface area contributed by atoms with Gasteiger partial charge in [-0.15, -0.1) is 0 Å². The highest BCUT2D eigenvalue weighted by atomic mass is 35.5. The lowest BCUT2D eigenvalue weighted by molar-refractivity contribution is 0.182. The normalized spacial score (nSPS) is 12.3. The molecule has 1 atom stereocenters. The van der Waals surface area contributed by atoms with Crippen LogP contribution < -0.4 is 15.2 Å². The highest BCUT2D eigenvalue weighted by molar-refractivity contribution is 6.33. The first-order valence-corrected chi connectivity index (χ1v) is 4.96. The molecule has 0 aliphatic rings. The van der Waals surface area contributed by atoms with Gasteiger partial charge in [0.15, 0.2) is 11.5 Å². The Morgan fingerprint density at radius 1 is 1.44 bits per heavy atom. The van der Waals surface area contributed by atoms with Crippen LogP contribution in [0.25, 0.3) is 0 Å². The maximum atomic E-state index is 9.75. The number of aliphatic hydroxyl groups excluding tert-OH is 1. The van der Waals surface area contributed by atoms with Gasteiger partial charge in [0.2, 0.25) is 0 Å². The van der Waals surface area contributed by atoms with Crippen molar-refractivity contribution in [1.82, 2.24) is 0 Å². The van der Waals surface area contributed by atoms with E-state index in [9.17, 15) is 10.2 Å². The summed E-state index contributed by atoms with van der Waals surface area (Å²) < 4.78 is 10.0. The maximum Gasteiger partial charge on any atom is 0.183 e. The molecule has 0 radical (unpaired) electrons. The van der Waals surface area contributed by atoms with Gasteiger partial charge in [0.05, 0.1) is 20.3 Å². The van der Waals surface area contributed by atoms with E-state index >= 15 is 0 Å². The van der Waals surface area contributed by atoms with Crippen LogP contribution >= 0.6 is 11.6 Å². The van der Waals surface area contributed by atoms with Gasteiger partial charge in [-0.2, -0.15) is 0 Å². The van der Waals surface area contributed by atoms with Gasteiger partial charge in [-0.25, -0.2) is 0 Å². The van der Waals surface area contributed by atoms with Crippen LogP contribution in [-0.2, 0) is 0 Å². The van der Waals surface area contributed by atoms with Gasteiger partial charge in [0, 0.05) is 12.1 Å². The Balaban J connectivity index is 3.38. The van der Waals surface area contributed by atoms with Gasteiger partial charge in [0.1, 0.15) is 10.8 Å². The Kier molecular flexibility index (Phi) is 4.23. The second-order valence-electron chi connectivity index (χ2n) is 3.12. The molecule has 0 bridgehead atoms. The Morgan fingerprint density at radius 3 is 2.50 bits per heavy atom. The fraction of sp³-hybridized carbons (Fsp3) is 0.400. The summed E-state index contributed by atoms with van der Waals surface area (Å²) in [6, 6.07) is 1.44. The molecular formula is C10H14ClNO4. The summed E-state index contributed by atoms with van der Waals surface area (Å²) in [7, 11) is 2.84. The monoisotopic (exact) mass is 247 g/mol. The van der Waals surface area contributed by atoms with Crippen molar-refractivity contribution >= 4 is 11.6 Å². The van der Waals surface area contributed by atoms with Crippen LogP contribution in [0.3, 0.4) is 0 Å². The minimum absolute atomic E-state index is 0.00986. The largest absolute Gasteiger partial charge is 0.506 e. The third-order valence-electron chi connectivity index (χ3n) is 2.20. The molecule has 5 nitrogen and oxygen atoms in total. The predicted octanol–water partition coefficient (Wildman–Crippen LogP) is 1.05. The first kappa shape index (κ1) is 12.9. The zero-order chi connectivity index (χ0) is 12.3. The molecule has 6 heteroatoms. The van der Waals surface area contributed by atoms with Crippen molar-refractivity contribution < 1.29 is 19.7 Å². The second kappa shape index (κ2) is 5.25.